The van der Waals surface area contributed by atoms with Crippen LogP contribution in [-0.2, 0) is 16.6 Å². The van der Waals surface area contributed by atoms with E-state index in [1.54, 1.807) is 12.1 Å². The Kier molecular flexibility index (Phi) is 5.81. The number of nitrogens with zero attached hydrogens (tertiary/aromatic N) is 2. The molecule has 2 aromatic rings. The van der Waals surface area contributed by atoms with Crippen LogP contribution in [0.4, 0.5) is 0 Å². The average molecular weight is 414 g/mol. The third-order valence-electron chi connectivity index (χ3n) is 4.23. The number of carbonyl (C=O) groups excluding carboxylic acids is 1. The molecule has 0 saturated carbocycles. The van der Waals surface area contributed by atoms with Crippen LogP contribution in [0.1, 0.15) is 57.9 Å². The third-order valence-corrected chi connectivity index (χ3v) is 9.14. The summed E-state index contributed by atoms with van der Waals surface area (Å²) in [6.45, 7) is 7.43. The molecule has 0 unspecified atom stereocenters. The number of thiophene rings is 1. The van der Waals surface area contributed by atoms with Gasteiger partial charge in [0.2, 0.25) is 0 Å². The molecule has 0 atom stereocenters. The monoisotopic (exact) mass is 413 g/mol. The number of aryl methyl sites for hydroxylation is 1. The van der Waals surface area contributed by atoms with Gasteiger partial charge >= 0.3 is 0 Å². The third kappa shape index (κ3) is 4.00. The van der Waals surface area contributed by atoms with E-state index in [4.69, 9.17) is 0 Å². The van der Waals surface area contributed by atoms with E-state index in [1.807, 2.05) is 20.8 Å². The Labute approximate surface area is 162 Å². The van der Waals surface area contributed by atoms with Crippen molar-refractivity contribution in [3.8, 4) is 0 Å². The second-order valence-electron chi connectivity index (χ2n) is 6.64. The van der Waals surface area contributed by atoms with Crippen molar-refractivity contribution in [1.82, 2.24) is 14.6 Å². The van der Waals surface area contributed by atoms with Gasteiger partial charge < -0.3 is 5.32 Å². The Hall–Kier alpha value is -1.29. The van der Waals surface area contributed by atoms with E-state index in [2.05, 4.69) is 10.3 Å². The van der Waals surface area contributed by atoms with Crippen LogP contribution in [0.15, 0.2) is 16.3 Å². The zero-order valence-electron chi connectivity index (χ0n) is 15.1. The molecule has 3 rings (SSSR count). The first-order valence-corrected chi connectivity index (χ1v) is 11.7. The number of nitrogens with one attached hydrogen (secondary N) is 1. The van der Waals surface area contributed by atoms with E-state index >= 15 is 0 Å². The van der Waals surface area contributed by atoms with Gasteiger partial charge in [0, 0.05) is 23.9 Å². The molecule has 1 amide bonds. The molecular weight excluding hydrogens is 390 g/mol. The number of hydrogen-bond donors (Lipinski definition) is 1. The van der Waals surface area contributed by atoms with Gasteiger partial charge in [-0.25, -0.2) is 13.4 Å². The van der Waals surface area contributed by atoms with Crippen LogP contribution in [0, 0.1) is 6.92 Å². The minimum atomic E-state index is -3.39. The molecule has 0 aliphatic carbocycles. The number of aromatic nitrogens is 1. The zero-order chi connectivity index (χ0) is 18.9. The molecule has 1 N–H and O–H groups in total. The first-order chi connectivity index (χ1) is 12.3. The van der Waals surface area contributed by atoms with Crippen LogP contribution in [0.2, 0.25) is 0 Å². The normalized spacial score (nSPS) is 15.7. The maximum atomic E-state index is 12.6. The van der Waals surface area contributed by atoms with Crippen molar-refractivity contribution < 1.29 is 13.2 Å². The maximum absolute atomic E-state index is 12.6. The number of sulfonamides is 1. The van der Waals surface area contributed by atoms with Gasteiger partial charge in [-0.15, -0.1) is 22.7 Å². The highest BCUT2D eigenvalue weighted by Gasteiger charge is 2.28. The Morgan fingerprint density at radius 2 is 1.96 bits per heavy atom. The molecule has 1 saturated heterocycles. The van der Waals surface area contributed by atoms with Gasteiger partial charge in [0.05, 0.1) is 17.2 Å². The standard InChI is InChI=1S/C17H23N3O3S3/c1-11(2)17-19-12(3)15(25-17)16(21)18-10-13-6-7-14(24-13)26(22,23)20-8-4-5-9-20/h6-7,11H,4-5,8-10H2,1-3H3,(H,18,21). The molecule has 142 valence electrons. The lowest BCUT2D eigenvalue weighted by atomic mass is 10.2. The summed E-state index contributed by atoms with van der Waals surface area (Å²) in [5, 5.41) is 3.82. The van der Waals surface area contributed by atoms with Crippen LogP contribution in [0.3, 0.4) is 0 Å². The summed E-state index contributed by atoms with van der Waals surface area (Å²) in [6.07, 6.45) is 1.83. The first kappa shape index (κ1) is 19.5. The van der Waals surface area contributed by atoms with Crippen molar-refractivity contribution in [2.24, 2.45) is 0 Å². The summed E-state index contributed by atoms with van der Waals surface area (Å²) in [5.74, 6) is 0.125. The highest BCUT2D eigenvalue weighted by molar-refractivity contribution is 7.91. The second kappa shape index (κ2) is 7.75. The number of amides is 1. The molecule has 0 radical (unpaired) electrons. The van der Waals surface area contributed by atoms with Crippen molar-refractivity contribution in [3.63, 3.8) is 0 Å². The molecule has 6 nitrogen and oxygen atoms in total. The fraction of sp³-hybridized carbons (Fsp3) is 0.529. The van der Waals surface area contributed by atoms with Crippen molar-refractivity contribution in [2.45, 2.75) is 50.3 Å². The fourth-order valence-electron chi connectivity index (χ4n) is 2.77. The molecule has 9 heteroatoms. The SMILES string of the molecule is Cc1nc(C(C)C)sc1C(=O)NCc1ccc(S(=O)(=O)N2CCCC2)s1. The summed E-state index contributed by atoms with van der Waals surface area (Å²) in [7, 11) is -3.39. The predicted molar refractivity (Wildman–Crippen MR) is 104 cm³/mol. The second-order valence-corrected chi connectivity index (χ2v) is 11.0. The Morgan fingerprint density at radius 3 is 2.58 bits per heavy atom. The van der Waals surface area contributed by atoms with Crippen LogP contribution >= 0.6 is 22.7 Å². The number of hydrogen-bond acceptors (Lipinski definition) is 6. The van der Waals surface area contributed by atoms with Gasteiger partial charge in [-0.1, -0.05) is 13.8 Å². The number of thiazole rings is 1. The summed E-state index contributed by atoms with van der Waals surface area (Å²) < 4.78 is 27.0. The molecule has 2 aromatic heterocycles. The lowest BCUT2D eigenvalue weighted by Crippen LogP contribution is -2.27. The highest BCUT2D eigenvalue weighted by atomic mass is 32.2. The zero-order valence-corrected chi connectivity index (χ0v) is 17.6. The molecule has 3 heterocycles. The molecule has 26 heavy (non-hydrogen) atoms. The van der Waals surface area contributed by atoms with E-state index in [1.165, 1.54) is 27.0 Å². The molecule has 1 aliphatic heterocycles. The molecular formula is C17H23N3O3S3. The van der Waals surface area contributed by atoms with E-state index in [-0.39, 0.29) is 11.8 Å². The number of rotatable bonds is 6. The van der Waals surface area contributed by atoms with Crippen molar-refractivity contribution in [1.29, 1.82) is 0 Å². The Bertz CT molecular complexity index is 893. The van der Waals surface area contributed by atoms with E-state index in [0.29, 0.717) is 28.7 Å². The average Bonchev–Trinajstić information content (AvgIpc) is 3.32. The van der Waals surface area contributed by atoms with Crippen LogP contribution in [-0.4, -0.2) is 36.7 Å². The molecule has 1 fully saturated rings. The van der Waals surface area contributed by atoms with Gasteiger partial charge in [-0.2, -0.15) is 4.31 Å². The van der Waals surface area contributed by atoms with Gasteiger partial charge in [0.15, 0.2) is 0 Å². The van der Waals surface area contributed by atoms with Crippen LogP contribution in [0.5, 0.6) is 0 Å². The van der Waals surface area contributed by atoms with E-state index < -0.39 is 10.0 Å². The Balaban J connectivity index is 1.65. The summed E-state index contributed by atoms with van der Waals surface area (Å²) >= 11 is 2.64. The molecule has 1 aliphatic rings. The topological polar surface area (TPSA) is 79.4 Å². The number of carbonyl (C=O) groups is 1. The quantitative estimate of drug-likeness (QED) is 0.788. The van der Waals surface area contributed by atoms with E-state index in [0.717, 1.165) is 28.4 Å². The predicted octanol–water partition coefficient (Wildman–Crippen LogP) is 3.35. The molecule has 0 spiro atoms. The van der Waals surface area contributed by atoms with E-state index in [9.17, 15) is 13.2 Å². The maximum Gasteiger partial charge on any atom is 0.263 e. The molecule has 0 aromatic carbocycles. The van der Waals surface area contributed by atoms with Crippen molar-refractivity contribution in [2.75, 3.05) is 13.1 Å². The van der Waals surface area contributed by atoms with Gasteiger partial charge in [0.25, 0.3) is 15.9 Å². The summed E-state index contributed by atoms with van der Waals surface area (Å²) in [6, 6.07) is 3.40. The minimum Gasteiger partial charge on any atom is -0.346 e. The van der Waals surface area contributed by atoms with Crippen LogP contribution < -0.4 is 5.32 Å². The smallest absolute Gasteiger partial charge is 0.263 e. The van der Waals surface area contributed by atoms with Gasteiger partial charge in [-0.05, 0) is 31.9 Å². The Morgan fingerprint density at radius 1 is 1.27 bits per heavy atom. The lowest BCUT2D eigenvalue weighted by Gasteiger charge is -2.13. The largest absolute Gasteiger partial charge is 0.346 e. The summed E-state index contributed by atoms with van der Waals surface area (Å²) in [5.41, 5.74) is 0.736. The van der Waals surface area contributed by atoms with Gasteiger partial charge in [-0.3, -0.25) is 4.79 Å². The van der Waals surface area contributed by atoms with Gasteiger partial charge in [0.1, 0.15) is 9.09 Å². The first-order valence-electron chi connectivity index (χ1n) is 8.63. The molecule has 0 bridgehead atoms. The van der Waals surface area contributed by atoms with Crippen molar-refractivity contribution >= 4 is 38.6 Å². The fourth-order valence-corrected chi connectivity index (χ4v) is 6.72. The van der Waals surface area contributed by atoms with Crippen LogP contribution in [0.25, 0.3) is 0 Å². The minimum absolute atomic E-state index is 0.163. The lowest BCUT2D eigenvalue weighted by molar-refractivity contribution is 0.0954. The summed E-state index contributed by atoms with van der Waals surface area (Å²) in [4.78, 5) is 18.3. The highest BCUT2D eigenvalue weighted by Crippen LogP contribution is 2.28. The van der Waals surface area contributed by atoms with Crippen molar-refractivity contribution in [3.05, 3.63) is 32.6 Å².